The number of carbonyl (C=O) groups excluding carboxylic acids is 1. The molecule has 0 aliphatic carbocycles. The Bertz CT molecular complexity index is 227. The van der Waals surface area contributed by atoms with Gasteiger partial charge >= 0.3 is 12.1 Å². The third-order valence-corrected chi connectivity index (χ3v) is 0.886. The minimum Gasteiger partial charge on any atom is -0.455 e. The van der Waals surface area contributed by atoms with Crippen molar-refractivity contribution in [1.29, 1.82) is 5.41 Å². The summed E-state index contributed by atoms with van der Waals surface area (Å²) in [7, 11) is 0. The van der Waals surface area contributed by atoms with E-state index in [0.29, 0.717) is 0 Å². The molecule has 0 saturated carbocycles. The average molecular weight is 197 g/mol. The molecule has 0 atom stereocenters. The largest absolute Gasteiger partial charge is 0.455 e. The van der Waals surface area contributed by atoms with Crippen LogP contribution in [0.4, 0.5) is 13.2 Å². The van der Waals surface area contributed by atoms with Gasteiger partial charge in [-0.15, -0.1) is 0 Å². The number of hydrogen-bond acceptors (Lipinski definition) is 3. The van der Waals surface area contributed by atoms with Crippen molar-refractivity contribution in [2.45, 2.75) is 32.5 Å². The lowest BCUT2D eigenvalue weighted by Crippen LogP contribution is -2.36. The summed E-state index contributed by atoms with van der Waals surface area (Å²) in [5, 5.41) is 6.43. The average Bonchev–Trinajstić information content (AvgIpc) is 1.79. The van der Waals surface area contributed by atoms with Crippen LogP contribution in [-0.2, 0) is 9.53 Å². The molecule has 0 aromatic heterocycles. The van der Waals surface area contributed by atoms with Crippen LogP contribution < -0.4 is 0 Å². The molecule has 1 N–H and O–H groups in total. The van der Waals surface area contributed by atoms with Gasteiger partial charge in [0.15, 0.2) is 0 Å². The smallest absolute Gasteiger partial charge is 0.439 e. The first-order chi connectivity index (χ1) is 5.54. The fraction of sp³-hybridized carbons (Fsp3) is 0.714. The van der Waals surface area contributed by atoms with Crippen LogP contribution in [0.25, 0.3) is 0 Å². The van der Waals surface area contributed by atoms with E-state index in [1.165, 1.54) is 20.8 Å². The van der Waals surface area contributed by atoms with Crippen molar-refractivity contribution in [3.8, 4) is 0 Å². The van der Waals surface area contributed by atoms with Crippen LogP contribution in [0.1, 0.15) is 20.8 Å². The van der Waals surface area contributed by atoms with Gasteiger partial charge in [-0.3, -0.25) is 5.41 Å². The molecule has 0 bridgehead atoms. The van der Waals surface area contributed by atoms with Crippen LogP contribution in [0, 0.1) is 5.41 Å². The highest BCUT2D eigenvalue weighted by Gasteiger charge is 2.41. The van der Waals surface area contributed by atoms with Crippen LogP contribution >= 0.6 is 0 Å². The number of esters is 1. The molecule has 3 nitrogen and oxygen atoms in total. The van der Waals surface area contributed by atoms with E-state index in [9.17, 15) is 18.0 Å². The van der Waals surface area contributed by atoms with E-state index in [2.05, 4.69) is 4.74 Å². The van der Waals surface area contributed by atoms with Gasteiger partial charge in [-0.25, -0.2) is 4.79 Å². The Morgan fingerprint density at radius 3 is 1.85 bits per heavy atom. The maximum atomic E-state index is 11.7. The third kappa shape index (κ3) is 4.49. The molecule has 0 saturated heterocycles. The second kappa shape index (κ2) is 3.35. The Balaban J connectivity index is 4.40. The highest BCUT2D eigenvalue weighted by Crippen LogP contribution is 2.18. The Kier molecular flexibility index (Phi) is 3.08. The standard InChI is InChI=1S/C7H10F3NO2/c1-6(2,3)13-5(12)4(11)7(8,9)10/h11H,1-3H3. The molecule has 0 spiro atoms. The summed E-state index contributed by atoms with van der Waals surface area (Å²) in [4.78, 5) is 10.6. The zero-order valence-corrected chi connectivity index (χ0v) is 7.45. The van der Waals surface area contributed by atoms with Crippen molar-refractivity contribution in [3.63, 3.8) is 0 Å². The molecule has 0 radical (unpaired) electrons. The zero-order chi connectivity index (χ0) is 10.9. The molecular weight excluding hydrogens is 187 g/mol. The molecule has 0 aromatic rings. The highest BCUT2D eigenvalue weighted by molar-refractivity contribution is 6.37. The number of hydrogen-bond donors (Lipinski definition) is 1. The van der Waals surface area contributed by atoms with E-state index >= 15 is 0 Å². The number of alkyl halides is 3. The highest BCUT2D eigenvalue weighted by atomic mass is 19.4. The first kappa shape index (κ1) is 11.9. The Morgan fingerprint density at radius 1 is 1.23 bits per heavy atom. The van der Waals surface area contributed by atoms with Crippen molar-refractivity contribution in [2.24, 2.45) is 0 Å². The molecule has 0 fully saturated rings. The predicted octanol–water partition coefficient (Wildman–Crippen LogP) is 1.91. The molecule has 0 amide bonds. The first-order valence-corrected chi connectivity index (χ1v) is 3.43. The molecule has 0 aliphatic heterocycles. The van der Waals surface area contributed by atoms with Gasteiger partial charge in [-0.05, 0) is 20.8 Å². The number of halogens is 3. The van der Waals surface area contributed by atoms with Crippen LogP contribution in [0.3, 0.4) is 0 Å². The van der Waals surface area contributed by atoms with Gasteiger partial charge in [0.25, 0.3) is 0 Å². The van der Waals surface area contributed by atoms with Gasteiger partial charge in [0, 0.05) is 0 Å². The zero-order valence-electron chi connectivity index (χ0n) is 7.45. The lowest BCUT2D eigenvalue weighted by Gasteiger charge is -2.19. The molecule has 0 unspecified atom stereocenters. The fourth-order valence-electron chi connectivity index (χ4n) is 0.445. The molecule has 0 aliphatic rings. The normalized spacial score (nSPS) is 12.5. The lowest BCUT2D eigenvalue weighted by atomic mass is 10.2. The predicted molar refractivity (Wildman–Crippen MR) is 39.6 cm³/mol. The number of carbonyl (C=O) groups is 1. The minimum atomic E-state index is -4.94. The van der Waals surface area contributed by atoms with Crippen molar-refractivity contribution < 1.29 is 22.7 Å². The van der Waals surface area contributed by atoms with E-state index in [1.807, 2.05) is 0 Å². The number of nitrogens with one attached hydrogen (secondary N) is 1. The first-order valence-electron chi connectivity index (χ1n) is 3.43. The SMILES string of the molecule is CC(C)(C)OC(=O)C(=N)C(F)(F)F. The Morgan fingerprint density at radius 2 is 1.62 bits per heavy atom. The minimum absolute atomic E-state index is 1.02. The van der Waals surface area contributed by atoms with Crippen LogP contribution in [0.15, 0.2) is 0 Å². The maximum absolute atomic E-state index is 11.7. The fourth-order valence-corrected chi connectivity index (χ4v) is 0.445. The third-order valence-electron chi connectivity index (χ3n) is 0.886. The summed E-state index contributed by atoms with van der Waals surface area (Å²) >= 11 is 0. The second-order valence-electron chi connectivity index (χ2n) is 3.37. The van der Waals surface area contributed by atoms with Gasteiger partial charge in [0.2, 0.25) is 5.71 Å². The maximum Gasteiger partial charge on any atom is 0.439 e. The van der Waals surface area contributed by atoms with Gasteiger partial charge < -0.3 is 4.74 Å². The van der Waals surface area contributed by atoms with Crippen LogP contribution in [-0.4, -0.2) is 23.5 Å². The van der Waals surface area contributed by atoms with Gasteiger partial charge in [-0.2, -0.15) is 13.2 Å². The molecular formula is C7H10F3NO2. The van der Waals surface area contributed by atoms with E-state index in [1.54, 1.807) is 0 Å². The second-order valence-corrected chi connectivity index (χ2v) is 3.37. The van der Waals surface area contributed by atoms with Gasteiger partial charge in [0.05, 0.1) is 0 Å². The van der Waals surface area contributed by atoms with Crippen molar-refractivity contribution in [3.05, 3.63) is 0 Å². The van der Waals surface area contributed by atoms with Crippen molar-refractivity contribution in [2.75, 3.05) is 0 Å². The van der Waals surface area contributed by atoms with Gasteiger partial charge in [0.1, 0.15) is 5.60 Å². The summed E-state index contributed by atoms with van der Waals surface area (Å²) in [6, 6.07) is 0. The molecule has 0 heterocycles. The quantitative estimate of drug-likeness (QED) is 0.515. The van der Waals surface area contributed by atoms with Crippen LogP contribution in [0.2, 0.25) is 0 Å². The lowest BCUT2D eigenvalue weighted by molar-refractivity contribution is -0.150. The van der Waals surface area contributed by atoms with E-state index in [4.69, 9.17) is 5.41 Å². The topological polar surface area (TPSA) is 50.2 Å². The summed E-state index contributed by atoms with van der Waals surface area (Å²) in [5.41, 5.74) is -3.00. The molecule has 13 heavy (non-hydrogen) atoms. The van der Waals surface area contributed by atoms with Crippen molar-refractivity contribution in [1.82, 2.24) is 0 Å². The summed E-state index contributed by atoms with van der Waals surface area (Å²) < 4.78 is 39.6. The Labute approximate surface area is 73.4 Å². The van der Waals surface area contributed by atoms with Gasteiger partial charge in [-0.1, -0.05) is 0 Å². The molecule has 0 rings (SSSR count). The van der Waals surface area contributed by atoms with Crippen molar-refractivity contribution >= 4 is 11.7 Å². The number of rotatable bonds is 1. The Hall–Kier alpha value is -1.07. The molecule has 6 heteroatoms. The van der Waals surface area contributed by atoms with E-state index < -0.39 is 23.5 Å². The monoisotopic (exact) mass is 197 g/mol. The molecule has 0 aromatic carbocycles. The van der Waals surface area contributed by atoms with E-state index in [0.717, 1.165) is 0 Å². The van der Waals surface area contributed by atoms with Crippen LogP contribution in [0.5, 0.6) is 0 Å². The summed E-state index contributed by atoms with van der Waals surface area (Å²) in [5.74, 6) is -1.65. The summed E-state index contributed by atoms with van der Waals surface area (Å²) in [6.45, 7) is 4.28. The molecule has 76 valence electrons. The summed E-state index contributed by atoms with van der Waals surface area (Å²) in [6.07, 6.45) is -4.94. The number of ether oxygens (including phenoxy) is 1. The van der Waals surface area contributed by atoms with E-state index in [-0.39, 0.29) is 0 Å².